The maximum absolute atomic E-state index is 12.2. The Labute approximate surface area is 177 Å². The van der Waals surface area contributed by atoms with Crippen LogP contribution in [0.2, 0.25) is 0 Å². The SMILES string of the molecule is CCNC(=NCc1ccc(OC)c(OC)c1OC)NC1CCCC(S(=O)CC)C1. The summed E-state index contributed by atoms with van der Waals surface area (Å²) in [6, 6.07) is 4.08. The quantitative estimate of drug-likeness (QED) is 0.468. The first-order valence-electron chi connectivity index (χ1n) is 10.3. The van der Waals surface area contributed by atoms with E-state index < -0.39 is 10.8 Å². The molecule has 164 valence electrons. The van der Waals surface area contributed by atoms with E-state index in [1.807, 2.05) is 26.0 Å². The second-order valence-corrected chi connectivity index (χ2v) is 8.99. The third-order valence-corrected chi connectivity index (χ3v) is 6.90. The Morgan fingerprint density at radius 3 is 2.52 bits per heavy atom. The van der Waals surface area contributed by atoms with Crippen molar-refractivity contribution >= 4 is 16.8 Å². The second kappa shape index (κ2) is 11.9. The van der Waals surface area contributed by atoms with Crippen LogP contribution in [0.3, 0.4) is 0 Å². The molecule has 2 N–H and O–H groups in total. The van der Waals surface area contributed by atoms with E-state index in [1.54, 1.807) is 21.3 Å². The summed E-state index contributed by atoms with van der Waals surface area (Å²) < 4.78 is 28.6. The van der Waals surface area contributed by atoms with E-state index in [9.17, 15) is 4.21 Å². The molecule has 1 saturated carbocycles. The number of nitrogens with one attached hydrogen (secondary N) is 2. The van der Waals surface area contributed by atoms with Crippen LogP contribution in [0.4, 0.5) is 0 Å². The van der Waals surface area contributed by atoms with Gasteiger partial charge in [-0.05, 0) is 38.3 Å². The first-order valence-corrected chi connectivity index (χ1v) is 11.7. The lowest BCUT2D eigenvalue weighted by molar-refractivity contribution is 0.322. The Morgan fingerprint density at radius 2 is 1.90 bits per heavy atom. The molecule has 1 aromatic rings. The number of methoxy groups -OCH3 is 3. The molecule has 0 spiro atoms. The monoisotopic (exact) mass is 425 g/mol. The Hall–Kier alpha value is -1.96. The van der Waals surface area contributed by atoms with Crippen molar-refractivity contribution in [1.29, 1.82) is 0 Å². The number of rotatable bonds is 9. The molecule has 2 rings (SSSR count). The minimum absolute atomic E-state index is 0.278. The van der Waals surface area contributed by atoms with Crippen molar-refractivity contribution in [3.8, 4) is 17.2 Å². The largest absolute Gasteiger partial charge is 0.493 e. The van der Waals surface area contributed by atoms with Gasteiger partial charge in [0.15, 0.2) is 17.5 Å². The molecule has 1 aliphatic rings. The summed E-state index contributed by atoms with van der Waals surface area (Å²) in [6.07, 6.45) is 4.14. The van der Waals surface area contributed by atoms with Crippen LogP contribution in [0.25, 0.3) is 0 Å². The molecule has 0 saturated heterocycles. The maximum Gasteiger partial charge on any atom is 0.203 e. The molecule has 8 heteroatoms. The highest BCUT2D eigenvalue weighted by Crippen LogP contribution is 2.40. The number of hydrogen-bond acceptors (Lipinski definition) is 5. The maximum atomic E-state index is 12.2. The van der Waals surface area contributed by atoms with Gasteiger partial charge < -0.3 is 24.8 Å². The van der Waals surface area contributed by atoms with Gasteiger partial charge in [0, 0.05) is 40.0 Å². The Bertz CT molecular complexity index is 711. The molecule has 1 fully saturated rings. The van der Waals surface area contributed by atoms with Crippen molar-refractivity contribution in [2.45, 2.75) is 57.4 Å². The van der Waals surface area contributed by atoms with Crippen molar-refractivity contribution < 1.29 is 18.4 Å². The molecule has 0 aliphatic heterocycles. The number of guanidine groups is 1. The summed E-state index contributed by atoms with van der Waals surface area (Å²) in [5.74, 6) is 3.31. The summed E-state index contributed by atoms with van der Waals surface area (Å²) >= 11 is 0. The Balaban J connectivity index is 2.14. The van der Waals surface area contributed by atoms with E-state index in [4.69, 9.17) is 19.2 Å². The third-order valence-electron chi connectivity index (χ3n) is 5.16. The van der Waals surface area contributed by atoms with Crippen LogP contribution >= 0.6 is 0 Å². The van der Waals surface area contributed by atoms with E-state index in [-0.39, 0.29) is 11.3 Å². The molecule has 0 bridgehead atoms. The number of nitrogens with zero attached hydrogens (tertiary/aromatic N) is 1. The summed E-state index contributed by atoms with van der Waals surface area (Å²) in [4.78, 5) is 4.75. The lowest BCUT2D eigenvalue weighted by Gasteiger charge is -2.30. The number of ether oxygens (including phenoxy) is 3. The van der Waals surface area contributed by atoms with Gasteiger partial charge in [-0.1, -0.05) is 13.3 Å². The van der Waals surface area contributed by atoms with Crippen molar-refractivity contribution in [2.75, 3.05) is 33.6 Å². The zero-order valence-corrected chi connectivity index (χ0v) is 19.1. The van der Waals surface area contributed by atoms with Gasteiger partial charge in [-0.15, -0.1) is 0 Å². The van der Waals surface area contributed by atoms with Crippen molar-refractivity contribution in [1.82, 2.24) is 10.6 Å². The Morgan fingerprint density at radius 1 is 1.14 bits per heavy atom. The lowest BCUT2D eigenvalue weighted by Crippen LogP contribution is -2.46. The van der Waals surface area contributed by atoms with Gasteiger partial charge in [0.2, 0.25) is 5.75 Å². The first kappa shape index (κ1) is 23.3. The molecule has 1 aliphatic carbocycles. The van der Waals surface area contributed by atoms with E-state index in [2.05, 4.69) is 10.6 Å². The number of benzene rings is 1. The second-order valence-electron chi connectivity index (χ2n) is 6.99. The lowest BCUT2D eigenvalue weighted by atomic mass is 9.95. The van der Waals surface area contributed by atoms with Crippen molar-refractivity contribution in [2.24, 2.45) is 4.99 Å². The van der Waals surface area contributed by atoms with Crippen molar-refractivity contribution in [3.63, 3.8) is 0 Å². The third kappa shape index (κ3) is 6.26. The van der Waals surface area contributed by atoms with Gasteiger partial charge in [0.1, 0.15) is 0 Å². The predicted octanol–water partition coefficient (Wildman–Crippen LogP) is 2.85. The molecule has 0 heterocycles. The van der Waals surface area contributed by atoms with E-state index in [0.717, 1.165) is 49.5 Å². The summed E-state index contributed by atoms with van der Waals surface area (Å²) in [5, 5.41) is 7.12. The van der Waals surface area contributed by atoms with Crippen LogP contribution in [0.15, 0.2) is 17.1 Å². The number of aliphatic imine (C=N–C) groups is 1. The summed E-state index contributed by atoms with van der Waals surface area (Å²) in [7, 11) is 4.07. The molecular weight excluding hydrogens is 390 g/mol. The van der Waals surface area contributed by atoms with E-state index >= 15 is 0 Å². The summed E-state index contributed by atoms with van der Waals surface area (Å²) in [6.45, 7) is 5.25. The smallest absolute Gasteiger partial charge is 0.203 e. The minimum Gasteiger partial charge on any atom is -0.493 e. The number of hydrogen-bond donors (Lipinski definition) is 2. The average Bonchev–Trinajstić information content (AvgIpc) is 2.76. The topological polar surface area (TPSA) is 81.2 Å². The van der Waals surface area contributed by atoms with Crippen LogP contribution in [0.1, 0.15) is 45.1 Å². The van der Waals surface area contributed by atoms with Gasteiger partial charge in [-0.25, -0.2) is 4.99 Å². The summed E-state index contributed by atoms with van der Waals surface area (Å²) in [5.41, 5.74) is 0.913. The van der Waals surface area contributed by atoms with Crippen LogP contribution in [-0.4, -0.2) is 55.1 Å². The molecule has 7 nitrogen and oxygen atoms in total. The molecule has 1 aromatic carbocycles. The molecule has 29 heavy (non-hydrogen) atoms. The van der Waals surface area contributed by atoms with Gasteiger partial charge in [-0.3, -0.25) is 4.21 Å². The van der Waals surface area contributed by atoms with Gasteiger partial charge >= 0.3 is 0 Å². The molecule has 0 radical (unpaired) electrons. The fourth-order valence-electron chi connectivity index (χ4n) is 3.72. The first-order chi connectivity index (χ1) is 14.1. The molecule has 0 amide bonds. The zero-order valence-electron chi connectivity index (χ0n) is 18.2. The van der Waals surface area contributed by atoms with Crippen LogP contribution in [-0.2, 0) is 17.3 Å². The standard InChI is InChI=1S/C21H35N3O4S/c1-6-22-21(24-16-9-8-10-17(13-16)29(25)7-2)23-14-15-11-12-18(26-3)20(28-5)19(15)27-4/h11-12,16-17H,6-10,13-14H2,1-5H3,(H2,22,23,24). The van der Waals surface area contributed by atoms with Gasteiger partial charge in [0.25, 0.3) is 0 Å². The van der Waals surface area contributed by atoms with Gasteiger partial charge in [-0.2, -0.15) is 0 Å². The normalized spacial score (nSPS) is 20.7. The van der Waals surface area contributed by atoms with Gasteiger partial charge in [0.05, 0.1) is 27.9 Å². The Kier molecular flexibility index (Phi) is 9.57. The predicted molar refractivity (Wildman–Crippen MR) is 119 cm³/mol. The van der Waals surface area contributed by atoms with E-state index in [0.29, 0.717) is 23.8 Å². The van der Waals surface area contributed by atoms with Crippen LogP contribution in [0, 0.1) is 0 Å². The highest BCUT2D eigenvalue weighted by molar-refractivity contribution is 7.85. The fourth-order valence-corrected chi connectivity index (χ4v) is 5.06. The van der Waals surface area contributed by atoms with E-state index in [1.165, 1.54) is 0 Å². The highest BCUT2D eigenvalue weighted by atomic mass is 32.2. The molecular formula is C21H35N3O4S. The fraction of sp³-hybridized carbons (Fsp3) is 0.667. The highest BCUT2D eigenvalue weighted by Gasteiger charge is 2.26. The van der Waals surface area contributed by atoms with Crippen molar-refractivity contribution in [3.05, 3.63) is 17.7 Å². The van der Waals surface area contributed by atoms with Crippen LogP contribution in [0.5, 0.6) is 17.2 Å². The molecule has 0 aromatic heterocycles. The molecule has 3 unspecified atom stereocenters. The minimum atomic E-state index is -0.740. The zero-order chi connectivity index (χ0) is 21.2. The molecule has 3 atom stereocenters. The van der Waals surface area contributed by atoms with Crippen LogP contribution < -0.4 is 24.8 Å². The average molecular weight is 426 g/mol.